The Labute approximate surface area is 141 Å². The van der Waals surface area contributed by atoms with Crippen molar-refractivity contribution in [3.63, 3.8) is 0 Å². The van der Waals surface area contributed by atoms with E-state index in [0.717, 1.165) is 19.3 Å². The van der Waals surface area contributed by atoms with E-state index < -0.39 is 9.84 Å². The van der Waals surface area contributed by atoms with Gasteiger partial charge in [-0.25, -0.2) is 8.42 Å². The van der Waals surface area contributed by atoms with E-state index in [-0.39, 0.29) is 5.25 Å². The van der Waals surface area contributed by atoms with Gasteiger partial charge in [0.05, 0.1) is 10.1 Å². The lowest BCUT2D eigenvalue weighted by molar-refractivity contribution is 0.00897. The molecule has 0 amide bonds. The molecule has 0 bridgehead atoms. The molecule has 4 heteroatoms. The average molecular weight is 336 g/mol. The average Bonchev–Trinajstić information content (AvgIpc) is 2.56. The van der Waals surface area contributed by atoms with Crippen molar-refractivity contribution < 1.29 is 8.42 Å². The van der Waals surface area contributed by atoms with Crippen LogP contribution in [-0.4, -0.2) is 36.7 Å². The van der Waals surface area contributed by atoms with Crippen LogP contribution in [0, 0.1) is 0 Å². The van der Waals surface area contributed by atoms with Crippen LogP contribution in [-0.2, 0) is 9.84 Å². The normalized spacial score (nSPS) is 32.4. The fraction of sp³-hybridized carbons (Fsp3) is 0.684. The summed E-state index contributed by atoms with van der Waals surface area (Å²) in [6.07, 6.45) is 7.73. The molecule has 4 atom stereocenters. The van der Waals surface area contributed by atoms with Gasteiger partial charge in [-0.1, -0.05) is 38.0 Å². The molecule has 3 rings (SSSR count). The zero-order valence-corrected chi connectivity index (χ0v) is 15.1. The van der Waals surface area contributed by atoms with Crippen LogP contribution < -0.4 is 0 Å². The standard InChI is InChI=1S/C19H29NO2S/c1-3-8-16-9-7-10-17-14-19(13-15(2)20(16)17)23(21,22)18-11-5-4-6-12-18/h4-6,11-12,15-17,19H,3,7-10,13-14H2,1-2H3/t15-,16-,17+,19+/m1/s1. The van der Waals surface area contributed by atoms with Gasteiger partial charge in [-0.2, -0.15) is 0 Å². The van der Waals surface area contributed by atoms with Crippen LogP contribution in [0.15, 0.2) is 35.2 Å². The summed E-state index contributed by atoms with van der Waals surface area (Å²) in [6, 6.07) is 10.5. The first kappa shape index (κ1) is 17.0. The minimum Gasteiger partial charge on any atom is -0.295 e. The molecular formula is C19H29NO2S. The molecule has 2 fully saturated rings. The van der Waals surface area contributed by atoms with Crippen molar-refractivity contribution >= 4 is 9.84 Å². The highest BCUT2D eigenvalue weighted by atomic mass is 32.2. The first-order valence-electron chi connectivity index (χ1n) is 9.10. The molecule has 0 aliphatic carbocycles. The van der Waals surface area contributed by atoms with E-state index in [2.05, 4.69) is 18.7 Å². The topological polar surface area (TPSA) is 37.4 Å². The lowest BCUT2D eigenvalue weighted by Crippen LogP contribution is -2.57. The van der Waals surface area contributed by atoms with Crippen molar-refractivity contribution in [3.05, 3.63) is 30.3 Å². The third-order valence-electron chi connectivity index (χ3n) is 5.70. The van der Waals surface area contributed by atoms with E-state index in [0.29, 0.717) is 23.0 Å². The Morgan fingerprint density at radius 1 is 1.13 bits per heavy atom. The molecule has 0 saturated carbocycles. The highest BCUT2D eigenvalue weighted by molar-refractivity contribution is 7.92. The van der Waals surface area contributed by atoms with Crippen molar-refractivity contribution in [2.75, 3.05) is 0 Å². The zero-order chi connectivity index (χ0) is 16.4. The Kier molecular flexibility index (Phi) is 5.12. The van der Waals surface area contributed by atoms with Gasteiger partial charge in [0.25, 0.3) is 0 Å². The molecule has 2 aliphatic rings. The maximum Gasteiger partial charge on any atom is 0.181 e. The van der Waals surface area contributed by atoms with Gasteiger partial charge >= 0.3 is 0 Å². The number of sulfone groups is 1. The summed E-state index contributed by atoms with van der Waals surface area (Å²) in [7, 11) is -3.20. The minimum absolute atomic E-state index is 0.221. The van der Waals surface area contributed by atoms with Gasteiger partial charge in [0.1, 0.15) is 0 Å². The molecule has 1 aromatic carbocycles. The fourth-order valence-electron chi connectivity index (χ4n) is 4.73. The predicted octanol–water partition coefficient (Wildman–Crippen LogP) is 4.03. The molecule has 0 unspecified atom stereocenters. The van der Waals surface area contributed by atoms with Crippen LogP contribution in [0.2, 0.25) is 0 Å². The van der Waals surface area contributed by atoms with Crippen molar-refractivity contribution in [3.8, 4) is 0 Å². The van der Waals surface area contributed by atoms with Gasteiger partial charge < -0.3 is 0 Å². The van der Waals surface area contributed by atoms with Crippen molar-refractivity contribution in [2.24, 2.45) is 0 Å². The molecule has 2 aliphatic heterocycles. The number of piperidine rings is 2. The van der Waals surface area contributed by atoms with E-state index in [4.69, 9.17) is 0 Å². The molecule has 1 aromatic rings. The Hall–Kier alpha value is -0.870. The largest absolute Gasteiger partial charge is 0.295 e. The number of fused-ring (bicyclic) bond motifs is 1. The smallest absolute Gasteiger partial charge is 0.181 e. The highest BCUT2D eigenvalue weighted by Gasteiger charge is 2.43. The summed E-state index contributed by atoms with van der Waals surface area (Å²) in [5, 5.41) is -0.221. The molecule has 0 aromatic heterocycles. The molecule has 0 spiro atoms. The van der Waals surface area contributed by atoms with Crippen LogP contribution in [0.25, 0.3) is 0 Å². The van der Waals surface area contributed by atoms with Crippen LogP contribution in [0.1, 0.15) is 58.8 Å². The van der Waals surface area contributed by atoms with Gasteiger partial charge in [-0.15, -0.1) is 0 Å². The Balaban J connectivity index is 1.81. The van der Waals surface area contributed by atoms with E-state index >= 15 is 0 Å². The first-order valence-corrected chi connectivity index (χ1v) is 10.6. The van der Waals surface area contributed by atoms with Gasteiger partial charge in [-0.05, 0) is 51.2 Å². The number of hydrogen-bond donors (Lipinski definition) is 0. The lowest BCUT2D eigenvalue weighted by atomic mass is 9.84. The summed E-state index contributed by atoms with van der Waals surface area (Å²) >= 11 is 0. The van der Waals surface area contributed by atoms with Crippen molar-refractivity contribution in [2.45, 2.75) is 87.1 Å². The summed E-state index contributed by atoms with van der Waals surface area (Å²) in [5.74, 6) is 0. The first-order chi connectivity index (χ1) is 11.0. The molecule has 2 heterocycles. The van der Waals surface area contributed by atoms with Gasteiger partial charge in [-0.3, -0.25) is 4.90 Å². The second-order valence-electron chi connectivity index (χ2n) is 7.27. The van der Waals surface area contributed by atoms with Gasteiger partial charge in [0, 0.05) is 18.1 Å². The van der Waals surface area contributed by atoms with Crippen molar-refractivity contribution in [1.82, 2.24) is 4.90 Å². The predicted molar refractivity (Wildman–Crippen MR) is 94.3 cm³/mol. The SMILES string of the molecule is CCC[C@@H]1CCC[C@H]2C[C@@H](S(=O)(=O)c3ccccc3)C[C@@H](C)N12. The second kappa shape index (κ2) is 6.94. The molecule has 0 radical (unpaired) electrons. The van der Waals surface area contributed by atoms with Crippen LogP contribution >= 0.6 is 0 Å². The number of rotatable bonds is 4. The number of hydrogen-bond acceptors (Lipinski definition) is 3. The van der Waals surface area contributed by atoms with Crippen LogP contribution in [0.3, 0.4) is 0 Å². The monoisotopic (exact) mass is 335 g/mol. The maximum atomic E-state index is 13.0. The van der Waals surface area contributed by atoms with Crippen LogP contribution in [0.4, 0.5) is 0 Å². The quantitative estimate of drug-likeness (QED) is 0.833. The van der Waals surface area contributed by atoms with Crippen LogP contribution in [0.5, 0.6) is 0 Å². The highest BCUT2D eigenvalue weighted by Crippen LogP contribution is 2.38. The number of benzene rings is 1. The van der Waals surface area contributed by atoms with E-state index in [1.54, 1.807) is 12.1 Å². The molecule has 3 nitrogen and oxygen atoms in total. The summed E-state index contributed by atoms with van der Waals surface area (Å²) in [6.45, 7) is 4.48. The molecule has 23 heavy (non-hydrogen) atoms. The molecule has 128 valence electrons. The number of nitrogens with zero attached hydrogens (tertiary/aromatic N) is 1. The summed E-state index contributed by atoms with van der Waals surface area (Å²) in [5.41, 5.74) is 0. The lowest BCUT2D eigenvalue weighted by Gasteiger charge is -2.51. The Bertz CT molecular complexity index is 612. The van der Waals surface area contributed by atoms with E-state index in [1.807, 2.05) is 18.2 Å². The Morgan fingerprint density at radius 3 is 2.57 bits per heavy atom. The summed E-state index contributed by atoms with van der Waals surface area (Å²) < 4.78 is 26.0. The zero-order valence-electron chi connectivity index (χ0n) is 14.3. The minimum atomic E-state index is -3.20. The van der Waals surface area contributed by atoms with Gasteiger partial charge in [0.15, 0.2) is 9.84 Å². The van der Waals surface area contributed by atoms with E-state index in [9.17, 15) is 8.42 Å². The molecule has 2 saturated heterocycles. The van der Waals surface area contributed by atoms with Gasteiger partial charge in [0.2, 0.25) is 0 Å². The third kappa shape index (κ3) is 3.34. The summed E-state index contributed by atoms with van der Waals surface area (Å²) in [4.78, 5) is 3.15. The third-order valence-corrected chi connectivity index (χ3v) is 7.89. The fourth-order valence-corrected chi connectivity index (χ4v) is 6.66. The molecular weight excluding hydrogens is 306 g/mol. The van der Waals surface area contributed by atoms with E-state index in [1.165, 1.54) is 25.7 Å². The molecule has 0 N–H and O–H groups in total. The Morgan fingerprint density at radius 2 is 1.87 bits per heavy atom. The second-order valence-corrected chi connectivity index (χ2v) is 9.50. The maximum absolute atomic E-state index is 13.0. The van der Waals surface area contributed by atoms with Crippen molar-refractivity contribution in [1.29, 1.82) is 0 Å².